The highest BCUT2D eigenvalue weighted by Crippen LogP contribution is 2.32. The number of aromatic nitrogens is 1. The largest absolute Gasteiger partial charge is 0.289 e. The molecule has 1 aromatic carbocycles. The topological polar surface area (TPSA) is 63.9 Å². The Balaban J connectivity index is 2.80. The lowest BCUT2D eigenvalue weighted by Crippen LogP contribution is -2.22. The lowest BCUT2D eigenvalue weighted by Gasteiger charge is -2.14. The van der Waals surface area contributed by atoms with Gasteiger partial charge in [-0.1, -0.05) is 41.9 Å². The number of anilines is 1. The Morgan fingerprint density at radius 3 is 2.67 bits per heavy atom. The summed E-state index contributed by atoms with van der Waals surface area (Å²) in [4.78, 5) is 3.22. The van der Waals surface area contributed by atoms with Crippen molar-refractivity contribution in [2.45, 2.75) is 33.1 Å². The Morgan fingerprint density at radius 2 is 2.10 bits per heavy atom. The summed E-state index contributed by atoms with van der Waals surface area (Å²) in [5, 5.41) is 9.51. The molecule has 2 aromatic rings. The van der Waals surface area contributed by atoms with Crippen molar-refractivity contribution in [3.8, 4) is 17.2 Å². The molecule has 3 N–H and O–H groups in total. The number of nitrogens with zero attached hydrogens (tertiary/aromatic N) is 1. The molecule has 0 aliphatic rings. The van der Waals surface area contributed by atoms with Gasteiger partial charge in [0.25, 0.3) is 5.82 Å². The minimum Gasteiger partial charge on any atom is -0.286 e. The summed E-state index contributed by atoms with van der Waals surface area (Å²) in [6.45, 7) is 4.25. The number of hydrogen-bond acceptors (Lipinski definition) is 2. The zero-order chi connectivity index (χ0) is 15.4. The molecule has 0 unspecified atom stereocenters. The minimum absolute atomic E-state index is 0.452. The van der Waals surface area contributed by atoms with E-state index in [1.807, 2.05) is 24.3 Å². The zero-order valence-electron chi connectivity index (χ0n) is 12.3. The highest BCUT2D eigenvalue weighted by molar-refractivity contribution is 9.10. The number of nitriles is 1. The van der Waals surface area contributed by atoms with Crippen LogP contribution >= 0.6 is 15.9 Å². The van der Waals surface area contributed by atoms with Crippen molar-refractivity contribution in [3.63, 3.8) is 0 Å². The summed E-state index contributed by atoms with van der Waals surface area (Å²) in [5.41, 5.74) is 10.9. The Hall–Kier alpha value is -1.86. The third-order valence-electron chi connectivity index (χ3n) is 3.55. The molecule has 0 bridgehead atoms. The number of aryl methyl sites for hydroxylation is 1. The molecule has 108 valence electrons. The maximum absolute atomic E-state index is 9.51. The van der Waals surface area contributed by atoms with Crippen molar-refractivity contribution >= 4 is 21.7 Å². The minimum atomic E-state index is 0.452. The van der Waals surface area contributed by atoms with E-state index >= 15 is 0 Å². The highest BCUT2D eigenvalue weighted by atomic mass is 79.9. The van der Waals surface area contributed by atoms with Crippen LogP contribution in [-0.4, -0.2) is 0 Å². The van der Waals surface area contributed by atoms with Crippen LogP contribution in [0, 0.1) is 11.3 Å². The van der Waals surface area contributed by atoms with Crippen molar-refractivity contribution in [1.82, 2.24) is 0 Å². The van der Waals surface area contributed by atoms with Crippen LogP contribution in [0.25, 0.3) is 11.1 Å². The van der Waals surface area contributed by atoms with Crippen LogP contribution in [-0.2, 0) is 12.8 Å². The van der Waals surface area contributed by atoms with Gasteiger partial charge in [-0.2, -0.15) is 5.26 Å². The summed E-state index contributed by atoms with van der Waals surface area (Å²) in [6.07, 6.45) is 2.83. The van der Waals surface area contributed by atoms with Crippen LogP contribution in [0.2, 0.25) is 0 Å². The van der Waals surface area contributed by atoms with Gasteiger partial charge in [0.1, 0.15) is 17.3 Å². The Labute approximate surface area is 133 Å². The fourth-order valence-corrected chi connectivity index (χ4v) is 3.07. The van der Waals surface area contributed by atoms with Crippen molar-refractivity contribution in [1.29, 1.82) is 5.26 Å². The molecule has 4 heteroatoms. The molecule has 0 saturated carbocycles. The van der Waals surface area contributed by atoms with Crippen molar-refractivity contribution in [3.05, 3.63) is 45.6 Å². The van der Waals surface area contributed by atoms with Crippen LogP contribution < -0.4 is 10.7 Å². The summed E-state index contributed by atoms with van der Waals surface area (Å²) in [6, 6.07) is 10.3. The predicted octanol–water partition coefficient (Wildman–Crippen LogP) is 3.90. The maximum atomic E-state index is 9.51. The predicted molar refractivity (Wildman–Crippen MR) is 88.6 cm³/mol. The number of aromatic amines is 1. The van der Waals surface area contributed by atoms with Crippen LogP contribution in [0.3, 0.4) is 0 Å². The number of benzene rings is 1. The molecule has 0 aliphatic heterocycles. The average molecular weight is 345 g/mol. The van der Waals surface area contributed by atoms with E-state index in [1.165, 1.54) is 5.56 Å². The van der Waals surface area contributed by atoms with Gasteiger partial charge in [0, 0.05) is 22.0 Å². The van der Waals surface area contributed by atoms with E-state index in [9.17, 15) is 5.26 Å². The van der Waals surface area contributed by atoms with Gasteiger partial charge in [-0.25, -0.2) is 4.98 Å². The number of pyridine rings is 1. The fourth-order valence-electron chi connectivity index (χ4n) is 2.67. The second-order valence-electron chi connectivity index (χ2n) is 4.97. The Bertz CT molecular complexity index is 702. The molecule has 0 atom stereocenters. The van der Waals surface area contributed by atoms with Gasteiger partial charge in [-0.3, -0.25) is 5.73 Å². The third kappa shape index (κ3) is 3.08. The molecular formula is C17H19BrN3+. The van der Waals surface area contributed by atoms with Crippen molar-refractivity contribution < 1.29 is 4.98 Å². The summed E-state index contributed by atoms with van der Waals surface area (Å²) < 4.78 is 0.995. The van der Waals surface area contributed by atoms with Gasteiger partial charge >= 0.3 is 0 Å². The number of nitrogen functional groups attached to an aromatic ring is 1. The van der Waals surface area contributed by atoms with Crippen LogP contribution in [0.4, 0.5) is 5.82 Å². The summed E-state index contributed by atoms with van der Waals surface area (Å²) in [5.74, 6) is 0.452. The number of nitrogens with one attached hydrogen (secondary N) is 1. The summed E-state index contributed by atoms with van der Waals surface area (Å²) in [7, 11) is 0. The molecule has 21 heavy (non-hydrogen) atoms. The number of hydrogen-bond donors (Lipinski definition) is 1. The number of nitrogens with two attached hydrogens (primary N) is 1. The first kappa shape index (κ1) is 15.5. The van der Waals surface area contributed by atoms with E-state index in [4.69, 9.17) is 5.73 Å². The maximum Gasteiger partial charge on any atom is 0.289 e. The van der Waals surface area contributed by atoms with E-state index < -0.39 is 0 Å². The van der Waals surface area contributed by atoms with E-state index in [0.717, 1.165) is 40.6 Å². The van der Waals surface area contributed by atoms with Crippen LogP contribution in [0.1, 0.15) is 37.1 Å². The molecule has 1 heterocycles. The fraction of sp³-hybridized carbons (Fsp3) is 0.294. The van der Waals surface area contributed by atoms with Gasteiger partial charge in [0.05, 0.1) is 0 Å². The monoisotopic (exact) mass is 344 g/mol. The van der Waals surface area contributed by atoms with Crippen LogP contribution in [0.15, 0.2) is 28.7 Å². The number of halogens is 1. The normalized spacial score (nSPS) is 10.4. The average Bonchev–Trinajstić information content (AvgIpc) is 2.47. The Morgan fingerprint density at radius 1 is 1.33 bits per heavy atom. The van der Waals surface area contributed by atoms with Crippen molar-refractivity contribution in [2.75, 3.05) is 5.73 Å². The lowest BCUT2D eigenvalue weighted by atomic mass is 9.91. The molecular weight excluding hydrogens is 326 g/mol. The van der Waals surface area contributed by atoms with Gasteiger partial charge in [-0.05, 0) is 30.5 Å². The molecule has 2 rings (SSSR count). The standard InChI is InChI=1S/C17H18BrN3/c1-3-6-15-13(4-2)16(14(10-19)17(20)21-15)11-7-5-8-12(18)9-11/h5,7-9H,3-4,6H2,1-2H3,(H2,20,21)/p+1. The molecule has 0 spiro atoms. The Kier molecular flexibility index (Phi) is 4.98. The van der Waals surface area contributed by atoms with E-state index in [2.05, 4.69) is 40.8 Å². The van der Waals surface area contributed by atoms with Gasteiger partial charge in [-0.15, -0.1) is 0 Å². The van der Waals surface area contributed by atoms with Gasteiger partial charge in [0.2, 0.25) is 0 Å². The third-order valence-corrected chi connectivity index (χ3v) is 4.04. The first-order chi connectivity index (χ1) is 10.1. The number of rotatable bonds is 4. The van der Waals surface area contributed by atoms with E-state index in [-0.39, 0.29) is 0 Å². The first-order valence-corrected chi connectivity index (χ1v) is 7.94. The second kappa shape index (κ2) is 6.73. The SMILES string of the molecule is CCCc1[nH+]c(N)c(C#N)c(-c2cccc(Br)c2)c1CC. The van der Waals surface area contributed by atoms with Gasteiger partial charge < -0.3 is 0 Å². The van der Waals surface area contributed by atoms with Gasteiger partial charge in [0.15, 0.2) is 0 Å². The summed E-state index contributed by atoms with van der Waals surface area (Å²) >= 11 is 3.50. The quantitative estimate of drug-likeness (QED) is 0.913. The molecule has 0 fully saturated rings. The lowest BCUT2D eigenvalue weighted by molar-refractivity contribution is -0.373. The smallest absolute Gasteiger partial charge is 0.286 e. The molecule has 0 radical (unpaired) electrons. The van der Waals surface area contributed by atoms with Crippen molar-refractivity contribution in [2.24, 2.45) is 0 Å². The highest BCUT2D eigenvalue weighted by Gasteiger charge is 2.21. The molecule has 0 amide bonds. The molecule has 0 saturated heterocycles. The van der Waals surface area contributed by atoms with E-state index in [0.29, 0.717) is 11.4 Å². The zero-order valence-corrected chi connectivity index (χ0v) is 13.9. The molecule has 1 aromatic heterocycles. The molecule has 3 nitrogen and oxygen atoms in total. The first-order valence-electron chi connectivity index (χ1n) is 7.14. The van der Waals surface area contributed by atoms with E-state index in [1.54, 1.807) is 0 Å². The molecule has 0 aliphatic carbocycles. The second-order valence-corrected chi connectivity index (χ2v) is 5.89. The number of H-pyrrole nitrogens is 1. The van der Waals surface area contributed by atoms with Crippen LogP contribution in [0.5, 0.6) is 0 Å².